The summed E-state index contributed by atoms with van der Waals surface area (Å²) in [4.78, 5) is 11.8. The molecule has 0 heterocycles. The molecule has 0 bridgehead atoms. The fourth-order valence-electron chi connectivity index (χ4n) is 2.18. The number of nitrogens with zero attached hydrogens (tertiary/aromatic N) is 1. The molecule has 0 aliphatic rings. The molecule has 0 aliphatic heterocycles. The zero-order valence-electron chi connectivity index (χ0n) is 14.2. The molecule has 2 amide bonds. The first-order chi connectivity index (χ1) is 11.8. The lowest BCUT2D eigenvalue weighted by atomic mass is 10.1. The Morgan fingerprint density at radius 2 is 2.08 bits per heavy atom. The molecule has 2 aromatic rings. The summed E-state index contributed by atoms with van der Waals surface area (Å²) in [7, 11) is 2.97. The fraction of sp³-hybridized carbons (Fsp3) is 0.235. The van der Waals surface area contributed by atoms with Crippen molar-refractivity contribution >= 4 is 23.3 Å². The van der Waals surface area contributed by atoms with Crippen LogP contribution in [0.5, 0.6) is 17.2 Å². The highest BCUT2D eigenvalue weighted by Crippen LogP contribution is 2.33. The van der Waals surface area contributed by atoms with Crippen molar-refractivity contribution in [2.45, 2.75) is 13.5 Å². The molecule has 0 saturated carbocycles. The molecule has 0 fully saturated rings. The second kappa shape index (κ2) is 7.96. The molecule has 0 unspecified atom stereocenters. The van der Waals surface area contributed by atoms with Crippen LogP contribution in [0.1, 0.15) is 11.1 Å². The first kappa shape index (κ1) is 18.7. The van der Waals surface area contributed by atoms with Crippen molar-refractivity contribution in [3.63, 3.8) is 0 Å². The molecule has 0 radical (unpaired) electrons. The minimum atomic E-state index is -0.474. The number of aromatic hydroxyl groups is 1. The number of benzene rings is 2. The summed E-state index contributed by atoms with van der Waals surface area (Å²) in [6.07, 6.45) is 0. The average molecular weight is 366 g/mol. The number of nitrogens with one attached hydrogen (secondary N) is 1. The molecule has 25 heavy (non-hydrogen) atoms. The maximum Gasteiger partial charge on any atom is 0.335 e. The zero-order chi connectivity index (χ0) is 18.6. The Labute approximate surface area is 150 Å². The lowest BCUT2D eigenvalue weighted by Gasteiger charge is -2.18. The van der Waals surface area contributed by atoms with Crippen LogP contribution < -0.4 is 20.6 Å². The van der Waals surface area contributed by atoms with Gasteiger partial charge in [0.15, 0.2) is 0 Å². The van der Waals surface area contributed by atoms with Gasteiger partial charge >= 0.3 is 6.03 Å². The molecule has 2 rings (SSSR count). The van der Waals surface area contributed by atoms with Crippen LogP contribution in [-0.2, 0) is 6.61 Å². The van der Waals surface area contributed by atoms with Gasteiger partial charge in [0.2, 0.25) is 0 Å². The van der Waals surface area contributed by atoms with Gasteiger partial charge in [0.05, 0.1) is 23.4 Å². The Bertz CT molecular complexity index is 781. The number of hydrogen-bond donors (Lipinski definition) is 3. The first-order valence-corrected chi connectivity index (χ1v) is 7.78. The third-order valence-corrected chi connectivity index (χ3v) is 3.83. The van der Waals surface area contributed by atoms with Crippen molar-refractivity contribution in [3.05, 3.63) is 46.5 Å². The number of rotatable bonds is 5. The van der Waals surface area contributed by atoms with Gasteiger partial charge in [0.25, 0.3) is 0 Å². The van der Waals surface area contributed by atoms with E-state index < -0.39 is 6.03 Å². The third-order valence-electron chi connectivity index (χ3n) is 3.53. The number of carbonyl (C=O) groups excluding carboxylic acids is 1. The molecule has 0 atom stereocenters. The van der Waals surface area contributed by atoms with Crippen molar-refractivity contribution in [1.82, 2.24) is 5.01 Å². The van der Waals surface area contributed by atoms with Gasteiger partial charge in [0, 0.05) is 13.1 Å². The molecule has 134 valence electrons. The van der Waals surface area contributed by atoms with Crippen molar-refractivity contribution in [2.75, 3.05) is 19.5 Å². The minimum absolute atomic E-state index is 0.0113. The normalized spacial score (nSPS) is 10.3. The van der Waals surface area contributed by atoms with E-state index in [1.165, 1.54) is 26.3 Å². The van der Waals surface area contributed by atoms with Crippen LogP contribution in [0.3, 0.4) is 0 Å². The van der Waals surface area contributed by atoms with Gasteiger partial charge in [0.1, 0.15) is 23.9 Å². The van der Waals surface area contributed by atoms with Crippen LogP contribution >= 0.6 is 11.6 Å². The van der Waals surface area contributed by atoms with Gasteiger partial charge in [-0.05, 0) is 30.7 Å². The number of phenols is 1. The molecule has 4 N–H and O–H groups in total. The van der Waals surface area contributed by atoms with Crippen molar-refractivity contribution in [3.8, 4) is 17.2 Å². The van der Waals surface area contributed by atoms with Crippen LogP contribution in [0, 0.1) is 6.92 Å². The van der Waals surface area contributed by atoms with E-state index in [2.05, 4.69) is 5.32 Å². The Morgan fingerprint density at radius 3 is 2.72 bits per heavy atom. The summed E-state index contributed by atoms with van der Waals surface area (Å²) >= 11 is 5.93. The van der Waals surface area contributed by atoms with Crippen LogP contribution in [0.15, 0.2) is 30.3 Å². The SMILES string of the molecule is COc1cccc(NC(=O)N(C)N)c1COc1cc(Cl)c(O)cc1C. The van der Waals surface area contributed by atoms with Crippen LogP contribution in [0.4, 0.5) is 10.5 Å². The van der Waals surface area contributed by atoms with Crippen LogP contribution in [-0.4, -0.2) is 30.3 Å². The minimum Gasteiger partial charge on any atom is -0.506 e. The van der Waals surface area contributed by atoms with E-state index in [4.69, 9.17) is 26.9 Å². The van der Waals surface area contributed by atoms with Crippen molar-refractivity contribution < 1.29 is 19.4 Å². The highest BCUT2D eigenvalue weighted by atomic mass is 35.5. The number of nitrogens with two attached hydrogens (primary N) is 1. The summed E-state index contributed by atoms with van der Waals surface area (Å²) < 4.78 is 11.2. The molecule has 8 heteroatoms. The second-order valence-electron chi connectivity index (χ2n) is 5.39. The highest BCUT2D eigenvalue weighted by molar-refractivity contribution is 6.32. The first-order valence-electron chi connectivity index (χ1n) is 7.40. The summed E-state index contributed by atoms with van der Waals surface area (Å²) in [6.45, 7) is 1.91. The van der Waals surface area contributed by atoms with Gasteiger partial charge in [-0.3, -0.25) is 5.01 Å². The predicted octanol–water partition coefficient (Wildman–Crippen LogP) is 3.28. The fourth-order valence-corrected chi connectivity index (χ4v) is 2.33. The summed E-state index contributed by atoms with van der Waals surface area (Å²) in [5, 5.41) is 13.4. The number of ether oxygens (including phenoxy) is 2. The predicted molar refractivity (Wildman–Crippen MR) is 96.1 cm³/mol. The number of anilines is 1. The Morgan fingerprint density at radius 1 is 1.36 bits per heavy atom. The largest absolute Gasteiger partial charge is 0.506 e. The molecule has 2 aromatic carbocycles. The standard InChI is InChI=1S/C17H20ClN3O4/c1-10-7-14(22)12(18)8-16(10)25-9-11-13(20-17(23)21(2)19)5-4-6-15(11)24-3/h4-8,22H,9,19H2,1-3H3,(H,20,23). The van der Waals surface area contributed by atoms with Gasteiger partial charge in [-0.15, -0.1) is 0 Å². The molecule has 0 aromatic heterocycles. The molecular weight excluding hydrogens is 346 g/mol. The highest BCUT2D eigenvalue weighted by Gasteiger charge is 2.15. The summed E-state index contributed by atoms with van der Waals surface area (Å²) in [5.74, 6) is 6.50. The van der Waals surface area contributed by atoms with E-state index in [-0.39, 0.29) is 17.4 Å². The molecule has 0 spiro atoms. The van der Waals surface area contributed by atoms with Gasteiger partial charge in [-0.2, -0.15) is 0 Å². The van der Waals surface area contributed by atoms with Crippen LogP contribution in [0.25, 0.3) is 0 Å². The molecule has 0 aliphatic carbocycles. The number of halogens is 1. The lowest BCUT2D eigenvalue weighted by molar-refractivity contribution is 0.223. The van der Waals surface area contributed by atoms with Gasteiger partial charge in [-0.25, -0.2) is 10.6 Å². The second-order valence-corrected chi connectivity index (χ2v) is 5.79. The number of methoxy groups -OCH3 is 1. The monoisotopic (exact) mass is 365 g/mol. The van der Waals surface area contributed by atoms with E-state index in [0.29, 0.717) is 22.7 Å². The number of amides is 2. The van der Waals surface area contributed by atoms with Gasteiger partial charge < -0.3 is 19.9 Å². The maximum absolute atomic E-state index is 11.8. The topological polar surface area (TPSA) is 97.1 Å². The number of aryl methyl sites for hydroxylation is 1. The van der Waals surface area contributed by atoms with E-state index in [1.54, 1.807) is 25.1 Å². The zero-order valence-corrected chi connectivity index (χ0v) is 14.9. The smallest absolute Gasteiger partial charge is 0.335 e. The van der Waals surface area contributed by atoms with E-state index in [9.17, 15) is 9.90 Å². The van der Waals surface area contributed by atoms with E-state index >= 15 is 0 Å². The summed E-state index contributed by atoms with van der Waals surface area (Å²) in [5.41, 5.74) is 1.89. The molecule has 7 nitrogen and oxygen atoms in total. The number of urea groups is 1. The number of hydrazine groups is 1. The van der Waals surface area contributed by atoms with Crippen molar-refractivity contribution in [1.29, 1.82) is 0 Å². The molecule has 0 saturated heterocycles. The number of carbonyl (C=O) groups is 1. The Balaban J connectivity index is 2.29. The average Bonchev–Trinajstić information content (AvgIpc) is 2.57. The Kier molecular flexibility index (Phi) is 5.95. The van der Waals surface area contributed by atoms with E-state index in [1.807, 2.05) is 0 Å². The molecular formula is C17H20ClN3O4. The summed E-state index contributed by atoms with van der Waals surface area (Å²) in [6, 6.07) is 7.81. The maximum atomic E-state index is 11.8. The quantitative estimate of drug-likeness (QED) is 0.429. The van der Waals surface area contributed by atoms with Crippen molar-refractivity contribution in [2.24, 2.45) is 5.84 Å². The van der Waals surface area contributed by atoms with Crippen LogP contribution in [0.2, 0.25) is 5.02 Å². The number of hydrogen-bond acceptors (Lipinski definition) is 5. The lowest BCUT2D eigenvalue weighted by Crippen LogP contribution is -2.37. The van der Waals surface area contributed by atoms with E-state index in [0.717, 1.165) is 10.6 Å². The number of phenolic OH excluding ortho intramolecular Hbond substituents is 1. The van der Waals surface area contributed by atoms with Gasteiger partial charge in [-0.1, -0.05) is 17.7 Å². The Hall–Kier alpha value is -2.64. The third kappa shape index (κ3) is 4.46.